The summed E-state index contributed by atoms with van der Waals surface area (Å²) < 4.78 is 5.29. The molecule has 0 rings (SSSR count). The van der Waals surface area contributed by atoms with E-state index in [0.717, 1.165) is 19.5 Å². The summed E-state index contributed by atoms with van der Waals surface area (Å²) in [5.41, 5.74) is 0.0510. The summed E-state index contributed by atoms with van der Waals surface area (Å²) in [7, 11) is 1.77. The van der Waals surface area contributed by atoms with Gasteiger partial charge in [0.2, 0.25) is 0 Å². The van der Waals surface area contributed by atoms with Crippen molar-refractivity contribution in [2.75, 3.05) is 20.2 Å². The molecule has 0 aromatic heterocycles. The lowest BCUT2D eigenvalue weighted by Crippen LogP contribution is -2.24. The number of rotatable bonds is 6. The Bertz CT molecular complexity index is 91.6. The van der Waals surface area contributed by atoms with Crippen LogP contribution in [-0.2, 0) is 4.74 Å². The molecule has 2 nitrogen and oxygen atoms in total. The normalized spacial score (nSPS) is 12.0. The summed E-state index contributed by atoms with van der Waals surface area (Å²) in [5.74, 6) is 0. The van der Waals surface area contributed by atoms with Crippen molar-refractivity contribution in [3.63, 3.8) is 0 Å². The molecule has 68 valence electrons. The standard InChI is InChI=1S/C9H21NO/c1-5-10-8-6-7-9(2,3)11-4/h10H,5-8H2,1-4H3. The van der Waals surface area contributed by atoms with Crippen molar-refractivity contribution in [2.24, 2.45) is 0 Å². The molecule has 0 saturated carbocycles. The number of methoxy groups -OCH3 is 1. The first-order valence-corrected chi connectivity index (χ1v) is 4.38. The van der Waals surface area contributed by atoms with Crippen LogP contribution in [-0.4, -0.2) is 25.8 Å². The quantitative estimate of drug-likeness (QED) is 0.597. The van der Waals surface area contributed by atoms with E-state index in [-0.39, 0.29) is 5.60 Å². The first-order valence-electron chi connectivity index (χ1n) is 4.38. The van der Waals surface area contributed by atoms with Gasteiger partial charge in [0.1, 0.15) is 0 Å². The molecular formula is C9H21NO. The van der Waals surface area contributed by atoms with Crippen molar-refractivity contribution < 1.29 is 4.74 Å². The van der Waals surface area contributed by atoms with Gasteiger partial charge in [-0.25, -0.2) is 0 Å². The van der Waals surface area contributed by atoms with E-state index in [4.69, 9.17) is 4.74 Å². The molecule has 0 amide bonds. The molecular weight excluding hydrogens is 138 g/mol. The molecule has 0 heterocycles. The third-order valence-electron chi connectivity index (χ3n) is 1.93. The van der Waals surface area contributed by atoms with Gasteiger partial charge in [-0.1, -0.05) is 6.92 Å². The van der Waals surface area contributed by atoms with Crippen LogP contribution >= 0.6 is 0 Å². The summed E-state index contributed by atoms with van der Waals surface area (Å²) in [6.07, 6.45) is 2.31. The van der Waals surface area contributed by atoms with Crippen LogP contribution < -0.4 is 5.32 Å². The second-order valence-corrected chi connectivity index (χ2v) is 3.42. The van der Waals surface area contributed by atoms with Crippen molar-refractivity contribution in [3.05, 3.63) is 0 Å². The minimum absolute atomic E-state index is 0.0510. The van der Waals surface area contributed by atoms with Gasteiger partial charge < -0.3 is 10.1 Å². The largest absolute Gasteiger partial charge is 0.379 e. The van der Waals surface area contributed by atoms with Crippen LogP contribution in [0.5, 0.6) is 0 Å². The molecule has 0 unspecified atom stereocenters. The Hall–Kier alpha value is -0.0800. The fourth-order valence-electron chi connectivity index (χ4n) is 0.918. The van der Waals surface area contributed by atoms with Gasteiger partial charge >= 0.3 is 0 Å². The molecule has 0 aliphatic rings. The summed E-state index contributed by atoms with van der Waals surface area (Å²) in [4.78, 5) is 0. The second-order valence-electron chi connectivity index (χ2n) is 3.42. The Labute approximate surface area is 70.3 Å². The van der Waals surface area contributed by atoms with Gasteiger partial charge in [0.05, 0.1) is 5.60 Å². The number of nitrogens with one attached hydrogen (secondary N) is 1. The zero-order valence-corrected chi connectivity index (χ0v) is 8.24. The predicted molar refractivity (Wildman–Crippen MR) is 48.9 cm³/mol. The highest BCUT2D eigenvalue weighted by Gasteiger charge is 2.14. The maximum absolute atomic E-state index is 5.29. The van der Waals surface area contributed by atoms with Gasteiger partial charge in [0.15, 0.2) is 0 Å². The van der Waals surface area contributed by atoms with Gasteiger partial charge in [0.25, 0.3) is 0 Å². The van der Waals surface area contributed by atoms with Crippen molar-refractivity contribution in [1.82, 2.24) is 5.32 Å². The predicted octanol–water partition coefficient (Wildman–Crippen LogP) is 1.80. The number of hydrogen-bond donors (Lipinski definition) is 1. The van der Waals surface area contributed by atoms with Gasteiger partial charge in [-0.15, -0.1) is 0 Å². The van der Waals surface area contributed by atoms with E-state index in [1.54, 1.807) is 7.11 Å². The van der Waals surface area contributed by atoms with Crippen LogP contribution in [0.15, 0.2) is 0 Å². The summed E-state index contributed by atoms with van der Waals surface area (Å²) in [6.45, 7) is 8.54. The summed E-state index contributed by atoms with van der Waals surface area (Å²) >= 11 is 0. The SMILES string of the molecule is CCNCCCC(C)(C)OC. The Kier molecular flexibility index (Phi) is 5.51. The monoisotopic (exact) mass is 159 g/mol. The van der Waals surface area contributed by atoms with Crippen molar-refractivity contribution >= 4 is 0 Å². The van der Waals surface area contributed by atoms with E-state index >= 15 is 0 Å². The van der Waals surface area contributed by atoms with E-state index < -0.39 is 0 Å². The molecule has 0 spiro atoms. The van der Waals surface area contributed by atoms with Crippen LogP contribution in [0.3, 0.4) is 0 Å². The minimum Gasteiger partial charge on any atom is -0.379 e. The van der Waals surface area contributed by atoms with Crippen LogP contribution in [0, 0.1) is 0 Å². The zero-order chi connectivity index (χ0) is 8.74. The fraction of sp³-hybridized carbons (Fsp3) is 1.00. The first kappa shape index (κ1) is 10.9. The molecule has 2 heteroatoms. The van der Waals surface area contributed by atoms with Crippen LogP contribution in [0.4, 0.5) is 0 Å². The molecule has 1 N–H and O–H groups in total. The Morgan fingerprint density at radius 2 is 2.00 bits per heavy atom. The van der Waals surface area contributed by atoms with E-state index in [1.807, 2.05) is 0 Å². The highest BCUT2D eigenvalue weighted by molar-refractivity contribution is 4.67. The first-order chi connectivity index (χ1) is 5.12. The molecule has 0 bridgehead atoms. The molecule has 0 aromatic carbocycles. The van der Waals surface area contributed by atoms with E-state index in [1.165, 1.54) is 6.42 Å². The second kappa shape index (κ2) is 5.56. The topological polar surface area (TPSA) is 21.3 Å². The lowest BCUT2D eigenvalue weighted by Gasteiger charge is -2.22. The van der Waals surface area contributed by atoms with Crippen LogP contribution in [0.25, 0.3) is 0 Å². The molecule has 0 saturated heterocycles. The highest BCUT2D eigenvalue weighted by atomic mass is 16.5. The average molecular weight is 159 g/mol. The van der Waals surface area contributed by atoms with Gasteiger partial charge in [-0.3, -0.25) is 0 Å². The summed E-state index contributed by atoms with van der Waals surface area (Å²) in [6, 6.07) is 0. The van der Waals surface area contributed by atoms with Crippen molar-refractivity contribution in [1.29, 1.82) is 0 Å². The van der Waals surface area contributed by atoms with Gasteiger partial charge in [-0.05, 0) is 39.8 Å². The third kappa shape index (κ3) is 6.32. The van der Waals surface area contributed by atoms with Gasteiger partial charge in [0, 0.05) is 7.11 Å². The molecule has 0 aliphatic heterocycles. The maximum atomic E-state index is 5.29. The Morgan fingerprint density at radius 1 is 1.36 bits per heavy atom. The van der Waals surface area contributed by atoms with Crippen molar-refractivity contribution in [3.8, 4) is 0 Å². The van der Waals surface area contributed by atoms with E-state index in [2.05, 4.69) is 26.1 Å². The minimum atomic E-state index is 0.0510. The molecule has 0 aliphatic carbocycles. The van der Waals surface area contributed by atoms with Gasteiger partial charge in [-0.2, -0.15) is 0 Å². The zero-order valence-electron chi connectivity index (χ0n) is 8.24. The van der Waals surface area contributed by atoms with E-state index in [0.29, 0.717) is 0 Å². The van der Waals surface area contributed by atoms with Crippen LogP contribution in [0.2, 0.25) is 0 Å². The third-order valence-corrected chi connectivity index (χ3v) is 1.93. The van der Waals surface area contributed by atoms with Crippen LogP contribution in [0.1, 0.15) is 33.6 Å². The molecule has 0 atom stereocenters. The number of hydrogen-bond acceptors (Lipinski definition) is 2. The van der Waals surface area contributed by atoms with E-state index in [9.17, 15) is 0 Å². The molecule has 11 heavy (non-hydrogen) atoms. The fourth-order valence-corrected chi connectivity index (χ4v) is 0.918. The lowest BCUT2D eigenvalue weighted by atomic mass is 10.0. The maximum Gasteiger partial charge on any atom is 0.0623 e. The smallest absolute Gasteiger partial charge is 0.0623 e. The molecule has 0 aromatic rings. The van der Waals surface area contributed by atoms with Crippen molar-refractivity contribution in [2.45, 2.75) is 39.2 Å². The molecule has 0 radical (unpaired) electrons. The Balaban J connectivity index is 3.23. The Morgan fingerprint density at radius 3 is 2.45 bits per heavy atom. The lowest BCUT2D eigenvalue weighted by molar-refractivity contribution is 0.0140. The molecule has 0 fully saturated rings. The average Bonchev–Trinajstić information content (AvgIpc) is 1.99. The highest BCUT2D eigenvalue weighted by Crippen LogP contribution is 2.14. The summed E-state index contributed by atoms with van der Waals surface area (Å²) in [5, 5.41) is 3.29. The number of ether oxygens (including phenoxy) is 1.